The maximum absolute atomic E-state index is 10.4. The lowest BCUT2D eigenvalue weighted by atomic mass is 10.2. The van der Waals surface area contributed by atoms with Gasteiger partial charge in [-0.25, -0.2) is 4.57 Å². The molecule has 0 heterocycles. The molecule has 0 bridgehead atoms. The van der Waals surface area contributed by atoms with E-state index in [4.69, 9.17) is 14.5 Å². The second-order valence-corrected chi connectivity index (χ2v) is 5.16. The van der Waals surface area contributed by atoms with Crippen molar-refractivity contribution in [1.82, 2.24) is 0 Å². The zero-order chi connectivity index (χ0) is 14.0. The van der Waals surface area contributed by atoms with Crippen molar-refractivity contribution in [2.75, 3.05) is 19.8 Å². The van der Waals surface area contributed by atoms with Crippen molar-refractivity contribution in [2.45, 2.75) is 12.8 Å². The summed E-state index contributed by atoms with van der Waals surface area (Å²) in [5.74, 6) is 0. The zero-order valence-corrected chi connectivity index (χ0v) is 11.5. The average Bonchev–Trinajstić information content (AvgIpc) is 2.37. The van der Waals surface area contributed by atoms with Crippen molar-refractivity contribution >= 4 is 13.9 Å². The average molecular weight is 286 g/mol. The van der Waals surface area contributed by atoms with E-state index >= 15 is 0 Å². The van der Waals surface area contributed by atoms with Crippen LogP contribution in [0.3, 0.4) is 0 Å². The van der Waals surface area contributed by atoms with Crippen molar-refractivity contribution in [2.24, 2.45) is 0 Å². The number of phosphoric ester groups is 1. The van der Waals surface area contributed by atoms with Gasteiger partial charge in [0.2, 0.25) is 0 Å². The molecule has 0 radical (unpaired) electrons. The van der Waals surface area contributed by atoms with Crippen molar-refractivity contribution in [3.8, 4) is 0 Å². The second-order valence-electron chi connectivity index (χ2n) is 3.92. The van der Waals surface area contributed by atoms with Crippen LogP contribution in [-0.4, -0.2) is 29.6 Å². The number of unbranched alkanes of at least 4 members (excludes halogenated alkanes) is 1. The quantitative estimate of drug-likeness (QED) is 0.539. The normalized spacial score (nSPS) is 12.1. The van der Waals surface area contributed by atoms with Gasteiger partial charge in [-0.15, -0.1) is 0 Å². The molecular formula is C13H19O5P. The van der Waals surface area contributed by atoms with Crippen LogP contribution in [0.2, 0.25) is 0 Å². The van der Waals surface area contributed by atoms with E-state index in [-0.39, 0.29) is 6.61 Å². The topological polar surface area (TPSA) is 76.0 Å². The molecule has 1 rings (SSSR count). The zero-order valence-electron chi connectivity index (χ0n) is 10.6. The van der Waals surface area contributed by atoms with E-state index in [1.807, 2.05) is 42.5 Å². The van der Waals surface area contributed by atoms with Gasteiger partial charge in [-0.3, -0.25) is 4.52 Å². The SMILES string of the molecule is O=P(O)(O)OCCCCOCC=Cc1ccccc1. The Morgan fingerprint density at radius 1 is 1.11 bits per heavy atom. The van der Waals surface area contributed by atoms with Crippen LogP contribution in [0.1, 0.15) is 18.4 Å². The Morgan fingerprint density at radius 3 is 2.47 bits per heavy atom. The van der Waals surface area contributed by atoms with Gasteiger partial charge < -0.3 is 14.5 Å². The van der Waals surface area contributed by atoms with Gasteiger partial charge in [-0.1, -0.05) is 42.5 Å². The van der Waals surface area contributed by atoms with Crippen LogP contribution in [0.15, 0.2) is 36.4 Å². The Labute approximate surface area is 113 Å². The lowest BCUT2D eigenvalue weighted by Gasteiger charge is -2.04. The minimum absolute atomic E-state index is 0.0491. The fourth-order valence-electron chi connectivity index (χ4n) is 1.39. The van der Waals surface area contributed by atoms with Gasteiger partial charge in [-0.05, 0) is 18.4 Å². The number of hydrogen-bond acceptors (Lipinski definition) is 3. The summed E-state index contributed by atoms with van der Waals surface area (Å²) in [4.78, 5) is 16.9. The van der Waals surface area contributed by atoms with Crippen LogP contribution in [0.25, 0.3) is 6.08 Å². The molecule has 0 amide bonds. The standard InChI is InChI=1S/C13H19O5P/c14-19(15,16)18-12-5-4-10-17-11-6-9-13-7-2-1-3-8-13/h1-3,6-9H,4-5,10-12H2,(H2,14,15,16). The molecule has 0 unspecified atom stereocenters. The molecule has 2 N–H and O–H groups in total. The Bertz CT molecular complexity index is 412. The smallest absolute Gasteiger partial charge is 0.377 e. The van der Waals surface area contributed by atoms with Gasteiger partial charge in [0.25, 0.3) is 0 Å². The Balaban J connectivity index is 1.97. The third-order valence-electron chi connectivity index (χ3n) is 2.27. The molecule has 106 valence electrons. The van der Waals surface area contributed by atoms with Gasteiger partial charge in [0.15, 0.2) is 0 Å². The molecular weight excluding hydrogens is 267 g/mol. The van der Waals surface area contributed by atoms with Crippen LogP contribution >= 0.6 is 7.82 Å². The first kappa shape index (κ1) is 16.1. The molecule has 0 aliphatic heterocycles. The highest BCUT2D eigenvalue weighted by atomic mass is 31.2. The molecule has 0 aliphatic carbocycles. The molecule has 1 aromatic carbocycles. The number of phosphoric acid groups is 1. The maximum Gasteiger partial charge on any atom is 0.469 e. The van der Waals surface area contributed by atoms with E-state index in [9.17, 15) is 4.57 Å². The van der Waals surface area contributed by atoms with Gasteiger partial charge in [-0.2, -0.15) is 0 Å². The summed E-state index contributed by atoms with van der Waals surface area (Å²) >= 11 is 0. The van der Waals surface area contributed by atoms with E-state index in [0.717, 1.165) is 5.56 Å². The van der Waals surface area contributed by atoms with Crippen LogP contribution in [0, 0.1) is 0 Å². The summed E-state index contributed by atoms with van der Waals surface area (Å²) < 4.78 is 20.0. The van der Waals surface area contributed by atoms with Gasteiger partial charge in [0, 0.05) is 6.61 Å². The highest BCUT2D eigenvalue weighted by Gasteiger charge is 2.12. The third kappa shape index (κ3) is 9.59. The maximum atomic E-state index is 10.4. The van der Waals surface area contributed by atoms with Gasteiger partial charge in [0.05, 0.1) is 13.2 Å². The van der Waals surface area contributed by atoms with Crippen LogP contribution in [-0.2, 0) is 13.8 Å². The fraction of sp³-hybridized carbons (Fsp3) is 0.385. The Kier molecular flexibility index (Phi) is 7.63. The first-order valence-electron chi connectivity index (χ1n) is 6.07. The second kappa shape index (κ2) is 9.02. The molecule has 0 aliphatic rings. The first-order valence-corrected chi connectivity index (χ1v) is 7.60. The van der Waals surface area contributed by atoms with Crippen LogP contribution < -0.4 is 0 Å². The van der Waals surface area contributed by atoms with E-state index < -0.39 is 7.82 Å². The van der Waals surface area contributed by atoms with E-state index in [1.165, 1.54) is 0 Å². The number of benzene rings is 1. The number of ether oxygens (including phenoxy) is 1. The van der Waals surface area contributed by atoms with Crippen LogP contribution in [0.4, 0.5) is 0 Å². The van der Waals surface area contributed by atoms with Gasteiger partial charge in [0.1, 0.15) is 0 Å². The summed E-state index contributed by atoms with van der Waals surface area (Å²) in [5.41, 5.74) is 1.13. The van der Waals surface area contributed by atoms with Gasteiger partial charge >= 0.3 is 7.82 Å². The molecule has 6 heteroatoms. The number of rotatable bonds is 9. The predicted molar refractivity (Wildman–Crippen MR) is 73.5 cm³/mol. The molecule has 0 saturated heterocycles. The summed E-state index contributed by atoms with van der Waals surface area (Å²) in [6.45, 7) is 1.12. The molecule has 0 fully saturated rings. The highest BCUT2D eigenvalue weighted by Crippen LogP contribution is 2.35. The van der Waals surface area contributed by atoms with E-state index in [2.05, 4.69) is 4.52 Å². The minimum Gasteiger partial charge on any atom is -0.377 e. The molecule has 5 nitrogen and oxygen atoms in total. The largest absolute Gasteiger partial charge is 0.469 e. The third-order valence-corrected chi connectivity index (χ3v) is 2.79. The molecule has 1 aromatic rings. The molecule has 0 atom stereocenters. The van der Waals surface area contributed by atoms with E-state index in [0.29, 0.717) is 26.1 Å². The van der Waals surface area contributed by atoms with Crippen LogP contribution in [0.5, 0.6) is 0 Å². The Morgan fingerprint density at radius 2 is 1.79 bits per heavy atom. The first-order chi connectivity index (χ1) is 9.08. The molecule has 0 aromatic heterocycles. The lowest BCUT2D eigenvalue weighted by Crippen LogP contribution is -1.98. The minimum atomic E-state index is -4.32. The fourth-order valence-corrected chi connectivity index (χ4v) is 1.76. The summed E-state index contributed by atoms with van der Waals surface area (Å²) in [6.07, 6.45) is 5.19. The summed E-state index contributed by atoms with van der Waals surface area (Å²) in [6, 6.07) is 9.93. The summed E-state index contributed by atoms with van der Waals surface area (Å²) in [7, 11) is -4.32. The van der Waals surface area contributed by atoms with E-state index in [1.54, 1.807) is 0 Å². The lowest BCUT2D eigenvalue weighted by molar-refractivity contribution is 0.145. The highest BCUT2D eigenvalue weighted by molar-refractivity contribution is 7.46. The molecule has 19 heavy (non-hydrogen) atoms. The monoisotopic (exact) mass is 286 g/mol. The Hall–Kier alpha value is -0.970. The predicted octanol–water partition coefficient (Wildman–Crippen LogP) is 2.61. The van der Waals surface area contributed by atoms with Crippen molar-refractivity contribution < 1.29 is 23.6 Å². The van der Waals surface area contributed by atoms with Crippen molar-refractivity contribution in [3.63, 3.8) is 0 Å². The van der Waals surface area contributed by atoms with Crippen molar-refractivity contribution in [3.05, 3.63) is 42.0 Å². The number of hydrogen-bond donors (Lipinski definition) is 2. The molecule has 0 saturated carbocycles. The van der Waals surface area contributed by atoms with Crippen molar-refractivity contribution in [1.29, 1.82) is 0 Å². The molecule has 0 spiro atoms. The summed E-state index contributed by atoms with van der Waals surface area (Å²) in [5, 5.41) is 0.